The van der Waals surface area contributed by atoms with Gasteiger partial charge >= 0.3 is 6.03 Å². The summed E-state index contributed by atoms with van der Waals surface area (Å²) in [5.74, 6) is 0. The number of amides is 2. The number of urea groups is 1. The lowest BCUT2D eigenvalue weighted by molar-refractivity contribution is -0.0583. The number of hydrogen-bond acceptors (Lipinski definition) is 2. The van der Waals surface area contributed by atoms with Gasteiger partial charge in [-0.2, -0.15) is 0 Å². The minimum absolute atomic E-state index is 0.0544. The normalized spacial score (nSPS) is 36.7. The van der Waals surface area contributed by atoms with Gasteiger partial charge < -0.3 is 4.90 Å². The Kier molecular flexibility index (Phi) is 1.32. The van der Waals surface area contributed by atoms with Crippen LogP contribution >= 0.6 is 0 Å². The first-order valence-electron chi connectivity index (χ1n) is 3.99. The quantitative estimate of drug-likeness (QED) is 0.524. The van der Waals surface area contributed by atoms with Crippen molar-refractivity contribution >= 4 is 6.03 Å². The van der Waals surface area contributed by atoms with Gasteiger partial charge in [0, 0.05) is 12.6 Å². The number of piperidine rings is 1. The Hall–Kier alpha value is -0.770. The van der Waals surface area contributed by atoms with E-state index in [2.05, 4.69) is 0 Å². The lowest BCUT2D eigenvalue weighted by Crippen LogP contribution is -2.37. The van der Waals surface area contributed by atoms with E-state index in [1.54, 1.807) is 4.90 Å². The number of carbonyl (C=O) groups is 1. The lowest BCUT2D eigenvalue weighted by Gasteiger charge is -2.26. The molecule has 2 rings (SSSR count). The van der Waals surface area contributed by atoms with E-state index in [4.69, 9.17) is 0 Å². The largest absolute Gasteiger partial charge is 0.344 e. The summed E-state index contributed by atoms with van der Waals surface area (Å²) in [4.78, 5) is 12.9. The van der Waals surface area contributed by atoms with Crippen molar-refractivity contribution in [1.82, 2.24) is 9.96 Å². The Morgan fingerprint density at radius 2 is 2.27 bits per heavy atom. The van der Waals surface area contributed by atoms with Gasteiger partial charge in [0.1, 0.15) is 0 Å². The van der Waals surface area contributed by atoms with Crippen LogP contribution < -0.4 is 0 Å². The van der Waals surface area contributed by atoms with Crippen LogP contribution in [0.5, 0.6) is 0 Å². The molecule has 2 saturated heterocycles. The van der Waals surface area contributed by atoms with Crippen molar-refractivity contribution in [3.63, 3.8) is 0 Å². The SMILES string of the molecule is C[C@@H]1CC[C@H]2CN1C(=O)N2O. The molecule has 1 N–H and O–H groups in total. The van der Waals surface area contributed by atoms with Crippen molar-refractivity contribution < 1.29 is 10.0 Å². The second-order valence-corrected chi connectivity index (χ2v) is 3.36. The van der Waals surface area contributed by atoms with Gasteiger partial charge in [0.05, 0.1) is 6.04 Å². The molecule has 2 amide bonds. The Bertz CT molecular complexity index is 195. The predicted octanol–water partition coefficient (Wildman–Crippen LogP) is 0.664. The van der Waals surface area contributed by atoms with Gasteiger partial charge in [-0.05, 0) is 19.8 Å². The number of rotatable bonds is 0. The summed E-state index contributed by atoms with van der Waals surface area (Å²) < 4.78 is 0. The molecule has 0 aliphatic carbocycles. The number of hydroxylamine groups is 2. The molecule has 0 aromatic heterocycles. The highest BCUT2D eigenvalue weighted by molar-refractivity contribution is 5.76. The topological polar surface area (TPSA) is 43.8 Å². The molecule has 62 valence electrons. The first kappa shape index (κ1) is 6.91. The molecule has 2 aliphatic heterocycles. The fourth-order valence-electron chi connectivity index (χ4n) is 1.84. The fourth-order valence-corrected chi connectivity index (χ4v) is 1.84. The average molecular weight is 156 g/mol. The Morgan fingerprint density at radius 3 is 2.91 bits per heavy atom. The van der Waals surface area contributed by atoms with Gasteiger partial charge in [-0.15, -0.1) is 0 Å². The number of hydrogen-bond donors (Lipinski definition) is 1. The van der Waals surface area contributed by atoms with E-state index >= 15 is 0 Å². The molecule has 4 heteroatoms. The second kappa shape index (κ2) is 2.11. The molecule has 0 aromatic rings. The third kappa shape index (κ3) is 0.822. The molecule has 0 unspecified atom stereocenters. The molecule has 2 fully saturated rings. The van der Waals surface area contributed by atoms with E-state index in [-0.39, 0.29) is 12.1 Å². The molecular weight excluding hydrogens is 144 g/mol. The van der Waals surface area contributed by atoms with Gasteiger partial charge in [0.15, 0.2) is 0 Å². The fraction of sp³-hybridized carbons (Fsp3) is 0.857. The molecule has 0 aromatic carbocycles. The van der Waals surface area contributed by atoms with Crippen molar-refractivity contribution in [1.29, 1.82) is 0 Å². The third-order valence-electron chi connectivity index (χ3n) is 2.64. The lowest BCUT2D eigenvalue weighted by atomic mass is 10.0. The molecule has 2 bridgehead atoms. The van der Waals surface area contributed by atoms with Crippen molar-refractivity contribution in [3.8, 4) is 0 Å². The Balaban J connectivity index is 2.22. The number of carbonyl (C=O) groups excluding carboxylic acids is 1. The molecular formula is C7H12N2O2. The number of nitrogens with zero attached hydrogens (tertiary/aromatic N) is 2. The van der Waals surface area contributed by atoms with E-state index in [1.165, 1.54) is 0 Å². The van der Waals surface area contributed by atoms with Gasteiger partial charge in [-0.25, -0.2) is 9.86 Å². The third-order valence-corrected chi connectivity index (χ3v) is 2.64. The maximum atomic E-state index is 11.2. The van der Waals surface area contributed by atoms with Crippen molar-refractivity contribution in [2.24, 2.45) is 0 Å². The summed E-state index contributed by atoms with van der Waals surface area (Å²) in [5.41, 5.74) is 0. The zero-order valence-electron chi connectivity index (χ0n) is 6.53. The highest BCUT2D eigenvalue weighted by atomic mass is 16.5. The van der Waals surface area contributed by atoms with Crippen LogP contribution in [-0.2, 0) is 0 Å². The van der Waals surface area contributed by atoms with Gasteiger partial charge in [-0.1, -0.05) is 0 Å². The minimum atomic E-state index is -0.222. The summed E-state index contributed by atoms with van der Waals surface area (Å²) in [6.45, 7) is 2.73. The molecule has 0 spiro atoms. The van der Waals surface area contributed by atoms with Crippen molar-refractivity contribution in [3.05, 3.63) is 0 Å². The summed E-state index contributed by atoms with van der Waals surface area (Å²) in [6.07, 6.45) is 1.94. The Morgan fingerprint density at radius 1 is 1.55 bits per heavy atom. The zero-order valence-corrected chi connectivity index (χ0v) is 6.53. The van der Waals surface area contributed by atoms with Gasteiger partial charge in [0.2, 0.25) is 0 Å². The van der Waals surface area contributed by atoms with Crippen LogP contribution in [0.2, 0.25) is 0 Å². The average Bonchev–Trinajstić information content (AvgIpc) is 2.24. The van der Waals surface area contributed by atoms with Crippen LogP contribution in [-0.4, -0.2) is 39.8 Å². The predicted molar refractivity (Wildman–Crippen MR) is 38.2 cm³/mol. The monoisotopic (exact) mass is 156 g/mol. The van der Waals surface area contributed by atoms with Crippen LogP contribution in [0.3, 0.4) is 0 Å². The first-order chi connectivity index (χ1) is 5.20. The molecule has 2 aliphatic rings. The summed E-state index contributed by atoms with van der Waals surface area (Å²) in [5, 5.41) is 10.1. The second-order valence-electron chi connectivity index (χ2n) is 3.36. The Labute approximate surface area is 65.3 Å². The smallest absolute Gasteiger partial charge is 0.318 e. The zero-order chi connectivity index (χ0) is 8.01. The summed E-state index contributed by atoms with van der Waals surface area (Å²) in [7, 11) is 0. The molecule has 4 nitrogen and oxygen atoms in total. The highest BCUT2D eigenvalue weighted by Gasteiger charge is 2.42. The van der Waals surface area contributed by atoms with Crippen LogP contribution in [0.4, 0.5) is 4.79 Å². The van der Waals surface area contributed by atoms with Crippen molar-refractivity contribution in [2.45, 2.75) is 31.8 Å². The van der Waals surface area contributed by atoms with E-state index in [1.807, 2.05) is 6.92 Å². The maximum Gasteiger partial charge on any atom is 0.344 e. The maximum absolute atomic E-state index is 11.2. The highest BCUT2D eigenvalue weighted by Crippen LogP contribution is 2.27. The minimum Gasteiger partial charge on any atom is -0.318 e. The van der Waals surface area contributed by atoms with E-state index in [0.717, 1.165) is 17.9 Å². The number of fused-ring (bicyclic) bond motifs is 2. The molecule has 11 heavy (non-hydrogen) atoms. The van der Waals surface area contributed by atoms with Crippen molar-refractivity contribution in [2.75, 3.05) is 6.54 Å². The molecule has 2 atom stereocenters. The van der Waals surface area contributed by atoms with Crippen LogP contribution in [0.25, 0.3) is 0 Å². The van der Waals surface area contributed by atoms with Crippen LogP contribution in [0, 0.1) is 0 Å². The van der Waals surface area contributed by atoms with Crippen LogP contribution in [0.15, 0.2) is 0 Å². The standard InChI is InChI=1S/C7H12N2O2/c1-5-2-3-6-4-8(5)7(10)9(6)11/h5-6,11H,2-4H2,1H3/t5-,6+/m1/s1. The summed E-state index contributed by atoms with van der Waals surface area (Å²) >= 11 is 0. The van der Waals surface area contributed by atoms with E-state index < -0.39 is 0 Å². The molecule has 2 heterocycles. The van der Waals surface area contributed by atoms with Gasteiger partial charge in [-0.3, -0.25) is 5.21 Å². The van der Waals surface area contributed by atoms with Crippen LogP contribution in [0.1, 0.15) is 19.8 Å². The van der Waals surface area contributed by atoms with E-state index in [9.17, 15) is 10.0 Å². The molecule has 0 radical (unpaired) electrons. The first-order valence-corrected chi connectivity index (χ1v) is 3.99. The molecule has 0 saturated carbocycles. The summed E-state index contributed by atoms with van der Waals surface area (Å²) in [6, 6.07) is 0.134. The van der Waals surface area contributed by atoms with E-state index in [0.29, 0.717) is 12.6 Å². The van der Waals surface area contributed by atoms with Gasteiger partial charge in [0.25, 0.3) is 0 Å².